The summed E-state index contributed by atoms with van der Waals surface area (Å²) in [4.78, 5) is 36.6. The van der Waals surface area contributed by atoms with Crippen LogP contribution in [-0.4, -0.2) is 40.0 Å². The minimum atomic E-state index is -1.46. The first-order valence-electron chi connectivity index (χ1n) is 10.5. The largest absolute Gasteiger partial charge is 0.447 e. The highest BCUT2D eigenvalue weighted by molar-refractivity contribution is 6.04. The minimum Gasteiger partial charge on any atom is -0.447 e. The fourth-order valence-electron chi connectivity index (χ4n) is 3.49. The Hall–Kier alpha value is -3.95. The van der Waals surface area contributed by atoms with E-state index >= 15 is 0 Å². The monoisotopic (exact) mass is 454 g/mol. The van der Waals surface area contributed by atoms with E-state index in [2.05, 4.69) is 10.4 Å². The van der Waals surface area contributed by atoms with Gasteiger partial charge in [-0.1, -0.05) is 42.5 Å². The SMILES string of the molecule is CC(C)OC(=O)NC1(c2ccccc2)CC(c2cccc([N+](=O)[O-])c2)=NN1C(=O)OC(C)C. The third kappa shape index (κ3) is 5.28. The molecule has 1 heterocycles. The number of non-ortho nitro benzene ring substituents is 1. The lowest BCUT2D eigenvalue weighted by Crippen LogP contribution is -2.56. The normalized spacial score (nSPS) is 17.6. The van der Waals surface area contributed by atoms with Crippen LogP contribution in [0.3, 0.4) is 0 Å². The van der Waals surface area contributed by atoms with Crippen molar-refractivity contribution in [1.29, 1.82) is 0 Å². The second-order valence-electron chi connectivity index (χ2n) is 8.08. The van der Waals surface area contributed by atoms with Gasteiger partial charge in [0.2, 0.25) is 0 Å². The maximum atomic E-state index is 13.1. The maximum Gasteiger partial charge on any atom is 0.433 e. The molecular weight excluding hydrogens is 428 g/mol. The highest BCUT2D eigenvalue weighted by Gasteiger charge is 2.50. The summed E-state index contributed by atoms with van der Waals surface area (Å²) in [6.07, 6.45) is -2.32. The number of amides is 2. The van der Waals surface area contributed by atoms with Crippen LogP contribution in [0.2, 0.25) is 0 Å². The number of nitro groups is 1. The van der Waals surface area contributed by atoms with Crippen molar-refractivity contribution >= 4 is 23.6 Å². The van der Waals surface area contributed by atoms with E-state index in [-0.39, 0.29) is 12.1 Å². The number of hydrazone groups is 1. The summed E-state index contributed by atoms with van der Waals surface area (Å²) >= 11 is 0. The summed E-state index contributed by atoms with van der Waals surface area (Å²) in [6, 6.07) is 14.8. The van der Waals surface area contributed by atoms with Crippen molar-refractivity contribution in [1.82, 2.24) is 10.3 Å². The number of rotatable bonds is 6. The Bertz CT molecular complexity index is 1070. The van der Waals surface area contributed by atoms with Crippen molar-refractivity contribution in [3.8, 4) is 0 Å². The Morgan fingerprint density at radius 1 is 1.06 bits per heavy atom. The van der Waals surface area contributed by atoms with Crippen LogP contribution >= 0.6 is 0 Å². The predicted octanol–water partition coefficient (Wildman–Crippen LogP) is 4.54. The Balaban J connectivity index is 2.13. The molecule has 0 aliphatic carbocycles. The number of benzene rings is 2. The number of nitrogens with one attached hydrogen (secondary N) is 1. The molecular formula is C23H26N4O6. The highest BCUT2D eigenvalue weighted by Crippen LogP contribution is 2.38. The van der Waals surface area contributed by atoms with Crippen molar-refractivity contribution < 1.29 is 24.0 Å². The molecule has 1 aliphatic heterocycles. The van der Waals surface area contributed by atoms with Crippen LogP contribution in [0, 0.1) is 10.1 Å². The van der Waals surface area contributed by atoms with E-state index in [1.54, 1.807) is 64.1 Å². The molecule has 0 aromatic heterocycles. The molecule has 0 bridgehead atoms. The van der Waals surface area contributed by atoms with Gasteiger partial charge in [0.1, 0.15) is 0 Å². The number of hydrogen-bond acceptors (Lipinski definition) is 7. The summed E-state index contributed by atoms with van der Waals surface area (Å²) < 4.78 is 10.7. The second kappa shape index (κ2) is 9.68. The fraction of sp³-hybridized carbons (Fsp3) is 0.348. The molecule has 1 aliphatic rings. The molecule has 0 fully saturated rings. The second-order valence-corrected chi connectivity index (χ2v) is 8.08. The smallest absolute Gasteiger partial charge is 0.433 e. The van der Waals surface area contributed by atoms with E-state index in [0.717, 1.165) is 5.01 Å². The molecule has 0 saturated carbocycles. The molecule has 2 aromatic carbocycles. The van der Waals surface area contributed by atoms with Gasteiger partial charge in [-0.15, -0.1) is 0 Å². The molecule has 3 rings (SSSR count). The van der Waals surface area contributed by atoms with Gasteiger partial charge in [0.05, 0.1) is 22.8 Å². The molecule has 0 spiro atoms. The zero-order valence-electron chi connectivity index (χ0n) is 18.8. The standard InChI is InChI=1S/C23H26N4O6/c1-15(2)32-21(28)24-23(18-10-6-5-7-11-18)14-20(25-26(23)22(29)33-16(3)4)17-9-8-12-19(13-17)27(30)31/h5-13,15-16H,14H2,1-4H3,(H,24,28). The molecule has 33 heavy (non-hydrogen) atoms. The lowest BCUT2D eigenvalue weighted by atomic mass is 9.91. The lowest BCUT2D eigenvalue weighted by molar-refractivity contribution is -0.384. The molecule has 10 nitrogen and oxygen atoms in total. The van der Waals surface area contributed by atoms with Crippen LogP contribution in [0.1, 0.15) is 45.2 Å². The summed E-state index contributed by atoms with van der Waals surface area (Å²) in [5.41, 5.74) is -0.193. The summed E-state index contributed by atoms with van der Waals surface area (Å²) in [5, 5.41) is 19.6. The maximum absolute atomic E-state index is 13.1. The van der Waals surface area contributed by atoms with Crippen LogP contribution in [-0.2, 0) is 15.1 Å². The van der Waals surface area contributed by atoms with Crippen molar-refractivity contribution in [3.63, 3.8) is 0 Å². The summed E-state index contributed by atoms with van der Waals surface area (Å²) in [5.74, 6) is 0. The first-order chi connectivity index (χ1) is 15.6. The molecule has 10 heteroatoms. The number of carbonyl (C=O) groups excluding carboxylic acids is 2. The zero-order valence-corrected chi connectivity index (χ0v) is 18.8. The molecule has 1 atom stereocenters. The summed E-state index contributed by atoms with van der Waals surface area (Å²) in [7, 11) is 0. The lowest BCUT2D eigenvalue weighted by Gasteiger charge is -2.36. The van der Waals surface area contributed by atoms with Gasteiger partial charge in [0.15, 0.2) is 5.66 Å². The number of nitrogens with zero attached hydrogens (tertiary/aromatic N) is 3. The molecule has 1 N–H and O–H groups in total. The van der Waals surface area contributed by atoms with Gasteiger partial charge in [-0.3, -0.25) is 15.4 Å². The van der Waals surface area contributed by atoms with Crippen molar-refractivity contribution in [2.75, 3.05) is 0 Å². The average Bonchev–Trinajstić information content (AvgIpc) is 3.14. The molecule has 2 amide bonds. The van der Waals surface area contributed by atoms with Crippen LogP contribution < -0.4 is 5.32 Å². The first-order valence-corrected chi connectivity index (χ1v) is 10.5. The third-order valence-electron chi connectivity index (χ3n) is 4.81. The van der Waals surface area contributed by atoms with Crippen molar-refractivity contribution in [3.05, 3.63) is 75.8 Å². The Labute approximate surface area is 191 Å². The number of carbonyl (C=O) groups is 2. The van der Waals surface area contributed by atoms with Gasteiger partial charge < -0.3 is 9.47 Å². The highest BCUT2D eigenvalue weighted by atomic mass is 16.6. The number of alkyl carbamates (subject to hydrolysis) is 1. The average molecular weight is 454 g/mol. The first kappa shape index (κ1) is 23.7. The third-order valence-corrected chi connectivity index (χ3v) is 4.81. The number of ether oxygens (including phenoxy) is 2. The Kier molecular flexibility index (Phi) is 6.95. The van der Waals surface area contributed by atoms with E-state index in [1.807, 2.05) is 0 Å². The van der Waals surface area contributed by atoms with Gasteiger partial charge >= 0.3 is 12.2 Å². The van der Waals surface area contributed by atoms with Crippen molar-refractivity contribution in [2.24, 2.45) is 5.10 Å². The predicted molar refractivity (Wildman–Crippen MR) is 121 cm³/mol. The molecule has 1 unspecified atom stereocenters. The summed E-state index contributed by atoms with van der Waals surface area (Å²) in [6.45, 7) is 6.81. The van der Waals surface area contributed by atoms with Crippen LogP contribution in [0.25, 0.3) is 0 Å². The topological polar surface area (TPSA) is 123 Å². The zero-order chi connectivity index (χ0) is 24.2. The van der Waals surface area contributed by atoms with E-state index in [0.29, 0.717) is 16.8 Å². The fourth-order valence-corrected chi connectivity index (χ4v) is 3.49. The van der Waals surface area contributed by atoms with E-state index in [9.17, 15) is 19.7 Å². The van der Waals surface area contributed by atoms with Gasteiger partial charge in [-0.2, -0.15) is 10.1 Å². The Morgan fingerprint density at radius 3 is 2.33 bits per heavy atom. The number of nitro benzene ring substituents is 1. The van der Waals surface area contributed by atoms with Crippen molar-refractivity contribution in [2.45, 2.75) is 52.0 Å². The number of hydrogen-bond donors (Lipinski definition) is 1. The minimum absolute atomic E-state index is 0.0402. The van der Waals surface area contributed by atoms with Gasteiger partial charge in [-0.05, 0) is 27.7 Å². The quantitative estimate of drug-likeness (QED) is 0.505. The van der Waals surface area contributed by atoms with Gasteiger partial charge in [-0.25, -0.2) is 9.59 Å². The molecule has 0 saturated heterocycles. The van der Waals surface area contributed by atoms with E-state index in [1.165, 1.54) is 18.2 Å². The van der Waals surface area contributed by atoms with E-state index in [4.69, 9.17) is 9.47 Å². The molecule has 2 aromatic rings. The molecule has 0 radical (unpaired) electrons. The van der Waals surface area contributed by atoms with Gasteiger partial charge in [0.25, 0.3) is 5.69 Å². The van der Waals surface area contributed by atoms with Gasteiger partial charge in [0, 0.05) is 29.7 Å². The van der Waals surface area contributed by atoms with Crippen LogP contribution in [0.15, 0.2) is 59.7 Å². The Morgan fingerprint density at radius 2 is 1.73 bits per heavy atom. The van der Waals surface area contributed by atoms with Crippen LogP contribution in [0.4, 0.5) is 15.3 Å². The van der Waals surface area contributed by atoms with Crippen LogP contribution in [0.5, 0.6) is 0 Å². The van der Waals surface area contributed by atoms with E-state index < -0.39 is 35.0 Å². The molecule has 174 valence electrons.